The molecule has 0 aliphatic heterocycles. The van der Waals surface area contributed by atoms with Gasteiger partial charge in [0.2, 0.25) is 0 Å². The molecule has 0 amide bonds. The number of hydrogen-bond donors (Lipinski definition) is 0. The molecule has 2 aromatic rings. The first-order valence-corrected chi connectivity index (χ1v) is 9.69. The minimum absolute atomic E-state index is 0.00344. The highest BCUT2D eigenvalue weighted by Crippen LogP contribution is 2.60. The van der Waals surface area contributed by atoms with E-state index in [9.17, 15) is 9.59 Å². The van der Waals surface area contributed by atoms with Gasteiger partial charge in [-0.05, 0) is 74.0 Å². The topological polar surface area (TPSA) is 56.5 Å². The van der Waals surface area contributed by atoms with Crippen molar-refractivity contribution >= 4 is 16.9 Å². The fourth-order valence-corrected chi connectivity index (χ4v) is 6.23. The van der Waals surface area contributed by atoms with Crippen molar-refractivity contribution in [1.29, 1.82) is 0 Å². The standard InChI is InChI=1S/C22H24O4/c1-25-21(24)8-13-2-3-19-17(7-13)18(23)9-20(26-19)22-10-14-4-15(11-22)6-16(5-14)12-22/h2-3,7,9,14-16H,4-6,8,10-12H2,1H3. The maximum atomic E-state index is 12.8. The summed E-state index contributed by atoms with van der Waals surface area (Å²) in [5.74, 6) is 3.02. The van der Waals surface area contributed by atoms with Crippen molar-refractivity contribution in [2.45, 2.75) is 50.4 Å². The van der Waals surface area contributed by atoms with Crippen LogP contribution in [-0.2, 0) is 21.4 Å². The molecule has 1 aromatic heterocycles. The summed E-state index contributed by atoms with van der Waals surface area (Å²) in [5, 5.41) is 0.555. The second-order valence-corrected chi connectivity index (χ2v) is 8.76. The van der Waals surface area contributed by atoms with E-state index >= 15 is 0 Å². The lowest BCUT2D eigenvalue weighted by Gasteiger charge is -2.56. The van der Waals surface area contributed by atoms with Crippen LogP contribution in [0.25, 0.3) is 11.0 Å². The van der Waals surface area contributed by atoms with Crippen LogP contribution in [0.2, 0.25) is 0 Å². The van der Waals surface area contributed by atoms with Crippen molar-refractivity contribution in [3.8, 4) is 0 Å². The van der Waals surface area contributed by atoms with E-state index in [-0.39, 0.29) is 23.2 Å². The van der Waals surface area contributed by atoms with E-state index in [2.05, 4.69) is 0 Å². The fourth-order valence-electron chi connectivity index (χ4n) is 6.23. The molecule has 0 spiro atoms. The zero-order valence-corrected chi connectivity index (χ0v) is 15.1. The van der Waals surface area contributed by atoms with Crippen molar-refractivity contribution in [2.24, 2.45) is 17.8 Å². The Hall–Kier alpha value is -2.10. The Morgan fingerprint density at radius 3 is 2.38 bits per heavy atom. The van der Waals surface area contributed by atoms with Crippen LogP contribution in [-0.4, -0.2) is 13.1 Å². The Morgan fingerprint density at radius 1 is 1.12 bits per heavy atom. The molecule has 4 bridgehead atoms. The first kappa shape index (κ1) is 16.1. The summed E-state index contributed by atoms with van der Waals surface area (Å²) in [6.07, 6.45) is 7.80. The molecule has 4 aliphatic carbocycles. The normalized spacial score (nSPS) is 32.1. The van der Waals surface area contributed by atoms with Gasteiger partial charge in [-0.25, -0.2) is 0 Å². The number of fused-ring (bicyclic) bond motifs is 1. The summed E-state index contributed by atoms with van der Waals surface area (Å²) in [6.45, 7) is 0. The third-order valence-corrected chi connectivity index (χ3v) is 6.93. The molecule has 136 valence electrons. The maximum absolute atomic E-state index is 12.8. The monoisotopic (exact) mass is 352 g/mol. The molecule has 1 aromatic carbocycles. The highest BCUT2D eigenvalue weighted by Gasteiger charge is 2.53. The maximum Gasteiger partial charge on any atom is 0.309 e. The van der Waals surface area contributed by atoms with Gasteiger partial charge in [0.25, 0.3) is 0 Å². The van der Waals surface area contributed by atoms with E-state index in [1.807, 2.05) is 12.1 Å². The van der Waals surface area contributed by atoms with Crippen LogP contribution in [0.4, 0.5) is 0 Å². The zero-order chi connectivity index (χ0) is 17.9. The molecule has 0 unspecified atom stereocenters. The number of benzene rings is 1. The van der Waals surface area contributed by atoms with Gasteiger partial charge in [0, 0.05) is 11.5 Å². The smallest absolute Gasteiger partial charge is 0.309 e. The predicted octanol–water partition coefficient (Wildman–Crippen LogP) is 3.98. The van der Waals surface area contributed by atoms with Gasteiger partial charge in [-0.3, -0.25) is 9.59 Å². The van der Waals surface area contributed by atoms with Gasteiger partial charge in [0.05, 0.1) is 18.9 Å². The van der Waals surface area contributed by atoms with Crippen LogP contribution in [0.1, 0.15) is 49.8 Å². The number of esters is 1. The zero-order valence-electron chi connectivity index (χ0n) is 15.1. The molecule has 4 fully saturated rings. The summed E-state index contributed by atoms with van der Waals surface area (Å²) in [6, 6.07) is 7.18. The third-order valence-electron chi connectivity index (χ3n) is 6.93. The molecule has 0 N–H and O–H groups in total. The largest absolute Gasteiger partial charge is 0.469 e. The van der Waals surface area contributed by atoms with E-state index in [1.165, 1.54) is 45.6 Å². The second-order valence-electron chi connectivity index (χ2n) is 8.76. The van der Waals surface area contributed by atoms with Gasteiger partial charge >= 0.3 is 5.97 Å². The Kier molecular flexibility index (Phi) is 3.53. The quantitative estimate of drug-likeness (QED) is 0.784. The third kappa shape index (κ3) is 2.50. The van der Waals surface area contributed by atoms with Crippen LogP contribution in [0, 0.1) is 17.8 Å². The van der Waals surface area contributed by atoms with Gasteiger partial charge in [0.1, 0.15) is 11.3 Å². The van der Waals surface area contributed by atoms with Gasteiger partial charge in [-0.1, -0.05) is 6.07 Å². The molecule has 4 heteroatoms. The van der Waals surface area contributed by atoms with Crippen LogP contribution < -0.4 is 5.43 Å². The summed E-state index contributed by atoms with van der Waals surface area (Å²) in [5.41, 5.74) is 1.49. The van der Waals surface area contributed by atoms with Gasteiger partial charge in [-0.2, -0.15) is 0 Å². The molecule has 4 aliphatic rings. The average molecular weight is 352 g/mol. The van der Waals surface area contributed by atoms with Crippen molar-refractivity contribution < 1.29 is 13.9 Å². The van der Waals surface area contributed by atoms with E-state index < -0.39 is 0 Å². The number of methoxy groups -OCH3 is 1. The predicted molar refractivity (Wildman–Crippen MR) is 98.1 cm³/mol. The molecule has 4 nitrogen and oxygen atoms in total. The molecule has 0 saturated heterocycles. The highest BCUT2D eigenvalue weighted by atomic mass is 16.5. The minimum Gasteiger partial charge on any atom is -0.469 e. The SMILES string of the molecule is COC(=O)Cc1ccc2oc(C34CC5CC(CC(C5)C3)C4)cc(=O)c2c1. The first-order chi connectivity index (χ1) is 12.5. The lowest BCUT2D eigenvalue weighted by atomic mass is 9.49. The number of rotatable bonds is 3. The number of carbonyl (C=O) groups excluding carboxylic acids is 1. The van der Waals surface area contributed by atoms with Gasteiger partial charge in [0.15, 0.2) is 5.43 Å². The van der Waals surface area contributed by atoms with E-state index in [0.29, 0.717) is 11.0 Å². The Balaban J connectivity index is 1.55. The summed E-state index contributed by atoms with van der Waals surface area (Å²) in [7, 11) is 1.37. The minimum atomic E-state index is -0.307. The lowest BCUT2D eigenvalue weighted by Crippen LogP contribution is -2.48. The summed E-state index contributed by atoms with van der Waals surface area (Å²) in [4.78, 5) is 24.3. The van der Waals surface area contributed by atoms with Crippen molar-refractivity contribution in [3.05, 3.63) is 45.8 Å². The average Bonchev–Trinajstić information content (AvgIpc) is 2.61. The number of hydrogen-bond acceptors (Lipinski definition) is 4. The van der Waals surface area contributed by atoms with Crippen LogP contribution in [0.15, 0.2) is 33.5 Å². The van der Waals surface area contributed by atoms with Crippen LogP contribution >= 0.6 is 0 Å². The lowest BCUT2D eigenvalue weighted by molar-refractivity contribution is -0.139. The van der Waals surface area contributed by atoms with E-state index in [0.717, 1.165) is 29.1 Å². The Bertz CT molecular complexity index is 904. The molecule has 0 radical (unpaired) electrons. The first-order valence-electron chi connectivity index (χ1n) is 9.69. The fraction of sp³-hybridized carbons (Fsp3) is 0.545. The molecular weight excluding hydrogens is 328 g/mol. The number of ether oxygens (including phenoxy) is 1. The van der Waals surface area contributed by atoms with Gasteiger partial charge in [-0.15, -0.1) is 0 Å². The molecule has 0 atom stereocenters. The van der Waals surface area contributed by atoms with E-state index in [1.54, 1.807) is 12.1 Å². The number of carbonyl (C=O) groups is 1. The van der Waals surface area contributed by atoms with Crippen LogP contribution in [0.5, 0.6) is 0 Å². The Labute approximate surface area is 152 Å². The molecule has 1 heterocycles. The molecule has 4 saturated carbocycles. The van der Waals surface area contributed by atoms with Crippen LogP contribution in [0.3, 0.4) is 0 Å². The Morgan fingerprint density at radius 2 is 1.77 bits per heavy atom. The highest BCUT2D eigenvalue weighted by molar-refractivity contribution is 5.80. The van der Waals surface area contributed by atoms with Crippen molar-refractivity contribution in [2.75, 3.05) is 7.11 Å². The second kappa shape index (κ2) is 5.70. The summed E-state index contributed by atoms with van der Waals surface area (Å²) >= 11 is 0. The van der Waals surface area contributed by atoms with Crippen molar-refractivity contribution in [3.63, 3.8) is 0 Å². The molecule has 26 heavy (non-hydrogen) atoms. The summed E-state index contributed by atoms with van der Waals surface area (Å²) < 4.78 is 11.0. The van der Waals surface area contributed by atoms with E-state index in [4.69, 9.17) is 9.15 Å². The molecule has 6 rings (SSSR count). The van der Waals surface area contributed by atoms with Gasteiger partial charge < -0.3 is 9.15 Å². The molecular formula is C22H24O4. The van der Waals surface area contributed by atoms with Crippen molar-refractivity contribution in [1.82, 2.24) is 0 Å².